The van der Waals surface area contributed by atoms with Crippen LogP contribution in [0.5, 0.6) is 5.75 Å². The van der Waals surface area contributed by atoms with Crippen LogP contribution in [0.25, 0.3) is 0 Å². The van der Waals surface area contributed by atoms with Crippen molar-refractivity contribution in [2.75, 3.05) is 18.7 Å². The maximum absolute atomic E-state index is 12.0. The van der Waals surface area contributed by atoms with Crippen molar-refractivity contribution in [1.82, 2.24) is 14.8 Å². The predicted octanol–water partition coefficient (Wildman–Crippen LogP) is 1.78. The number of allylic oxidation sites excluding steroid dienone is 1. The Labute approximate surface area is 137 Å². The Balaban J connectivity index is 2.20. The summed E-state index contributed by atoms with van der Waals surface area (Å²) in [6.45, 7) is 1.81. The maximum Gasteiger partial charge on any atom is 0.248 e. The van der Waals surface area contributed by atoms with Gasteiger partial charge in [0.15, 0.2) is 0 Å². The van der Waals surface area contributed by atoms with Crippen LogP contribution in [0.4, 0.5) is 5.95 Å². The molecule has 120 valence electrons. The third kappa shape index (κ3) is 2.65. The van der Waals surface area contributed by atoms with Gasteiger partial charge in [-0.05, 0) is 30.9 Å². The van der Waals surface area contributed by atoms with E-state index in [1.165, 1.54) is 11.8 Å². The van der Waals surface area contributed by atoms with Crippen LogP contribution in [-0.2, 0) is 4.79 Å². The molecule has 2 aromatic rings. The summed E-state index contributed by atoms with van der Waals surface area (Å²) in [5, 5.41) is 8.19. The summed E-state index contributed by atoms with van der Waals surface area (Å²) in [6, 6.07) is 7.07. The number of methoxy groups -OCH3 is 1. The first-order chi connectivity index (χ1) is 11.0. The second-order valence-corrected chi connectivity index (χ2v) is 5.85. The summed E-state index contributed by atoms with van der Waals surface area (Å²) in [5.74, 6) is 0.800. The van der Waals surface area contributed by atoms with Crippen LogP contribution in [0.3, 0.4) is 0 Å². The Morgan fingerprint density at radius 3 is 2.91 bits per heavy atom. The number of ether oxygens (including phenoxy) is 1. The first kappa shape index (κ1) is 15.4. The van der Waals surface area contributed by atoms with Gasteiger partial charge in [0, 0.05) is 5.70 Å². The van der Waals surface area contributed by atoms with Crippen molar-refractivity contribution in [1.29, 1.82) is 0 Å². The predicted molar refractivity (Wildman–Crippen MR) is 88.5 cm³/mol. The zero-order chi connectivity index (χ0) is 16.6. The standard InChI is InChI=1S/C15H17N5O2S/c1-8-11(13(16)21)12(9-5-4-6-10(7-9)22-2)20-14(17-8)18-15(19-20)23-3/h4-7,12H,1-3H3,(H2,16,21)(H,17,18,19)/t12-/m1/s1. The number of fused-ring (bicyclic) bond motifs is 1. The number of nitrogens with two attached hydrogens (primary N) is 1. The summed E-state index contributed by atoms with van der Waals surface area (Å²) < 4.78 is 6.97. The highest BCUT2D eigenvalue weighted by Gasteiger charge is 2.33. The van der Waals surface area contributed by atoms with Gasteiger partial charge < -0.3 is 15.8 Å². The van der Waals surface area contributed by atoms with Gasteiger partial charge in [0.05, 0.1) is 12.7 Å². The summed E-state index contributed by atoms with van der Waals surface area (Å²) in [5.41, 5.74) is 7.62. The average Bonchev–Trinajstić information content (AvgIpc) is 2.95. The number of hydrogen-bond acceptors (Lipinski definition) is 6. The molecule has 23 heavy (non-hydrogen) atoms. The van der Waals surface area contributed by atoms with Crippen LogP contribution < -0.4 is 15.8 Å². The lowest BCUT2D eigenvalue weighted by atomic mass is 9.95. The van der Waals surface area contributed by atoms with E-state index in [9.17, 15) is 4.79 Å². The number of nitrogens with zero attached hydrogens (tertiary/aromatic N) is 3. The molecular formula is C15H17N5O2S. The number of primary amides is 1. The van der Waals surface area contributed by atoms with Crippen molar-refractivity contribution in [2.45, 2.75) is 18.1 Å². The van der Waals surface area contributed by atoms with Crippen molar-refractivity contribution in [2.24, 2.45) is 5.73 Å². The highest BCUT2D eigenvalue weighted by atomic mass is 32.2. The number of rotatable bonds is 4. The second-order valence-electron chi connectivity index (χ2n) is 5.07. The Morgan fingerprint density at radius 2 is 2.26 bits per heavy atom. The Hall–Kier alpha value is -2.48. The van der Waals surface area contributed by atoms with E-state index in [0.29, 0.717) is 28.1 Å². The molecule has 0 spiro atoms. The SMILES string of the molecule is COc1cccc([C@@H]2C(C(N)=O)=C(C)Nc3nc(SC)nn32)c1. The van der Waals surface area contributed by atoms with Gasteiger partial charge in [0.1, 0.15) is 11.8 Å². The molecule has 0 bridgehead atoms. The smallest absolute Gasteiger partial charge is 0.248 e. The number of benzene rings is 1. The van der Waals surface area contributed by atoms with Crippen molar-refractivity contribution >= 4 is 23.6 Å². The molecule has 3 rings (SSSR count). The largest absolute Gasteiger partial charge is 0.497 e. The van der Waals surface area contributed by atoms with Crippen molar-refractivity contribution in [3.63, 3.8) is 0 Å². The average molecular weight is 331 g/mol. The van der Waals surface area contributed by atoms with E-state index < -0.39 is 11.9 Å². The number of anilines is 1. The molecule has 0 fully saturated rings. The van der Waals surface area contributed by atoms with Gasteiger partial charge in [-0.2, -0.15) is 4.98 Å². The van der Waals surface area contributed by atoms with Gasteiger partial charge in [-0.15, -0.1) is 5.10 Å². The number of amides is 1. The topological polar surface area (TPSA) is 95.1 Å². The molecule has 2 heterocycles. The quantitative estimate of drug-likeness (QED) is 0.829. The van der Waals surface area contributed by atoms with E-state index in [0.717, 1.165) is 5.56 Å². The molecule has 7 nitrogen and oxygen atoms in total. The fraction of sp³-hybridized carbons (Fsp3) is 0.267. The third-order valence-corrected chi connectivity index (χ3v) is 4.23. The Bertz CT molecular complexity index is 799. The minimum Gasteiger partial charge on any atom is -0.497 e. The summed E-state index contributed by atoms with van der Waals surface area (Å²) in [6.07, 6.45) is 1.90. The van der Waals surface area contributed by atoms with Crippen LogP contribution in [0, 0.1) is 0 Å². The lowest BCUT2D eigenvalue weighted by Crippen LogP contribution is -2.31. The van der Waals surface area contributed by atoms with Gasteiger partial charge in [-0.3, -0.25) is 4.79 Å². The number of hydrogen-bond donors (Lipinski definition) is 2. The van der Waals surface area contributed by atoms with E-state index in [1.807, 2.05) is 37.4 Å². The Morgan fingerprint density at radius 1 is 1.48 bits per heavy atom. The molecule has 3 N–H and O–H groups in total. The summed E-state index contributed by atoms with van der Waals surface area (Å²) in [4.78, 5) is 16.4. The Kier molecular flexibility index (Phi) is 3.99. The number of thioether (sulfide) groups is 1. The molecular weight excluding hydrogens is 314 g/mol. The number of carbonyl (C=O) groups is 1. The molecule has 1 atom stereocenters. The molecule has 1 aliphatic rings. The molecule has 1 aromatic carbocycles. The minimum absolute atomic E-state index is 0.438. The zero-order valence-corrected chi connectivity index (χ0v) is 13.8. The van der Waals surface area contributed by atoms with E-state index in [2.05, 4.69) is 15.4 Å². The van der Waals surface area contributed by atoms with E-state index in [1.54, 1.807) is 11.8 Å². The molecule has 0 radical (unpaired) electrons. The minimum atomic E-state index is -0.491. The summed E-state index contributed by atoms with van der Waals surface area (Å²) >= 11 is 1.44. The fourth-order valence-corrected chi connectivity index (χ4v) is 3.00. The van der Waals surface area contributed by atoms with Crippen LogP contribution in [0.15, 0.2) is 40.7 Å². The normalized spacial score (nSPS) is 16.7. The molecule has 0 saturated heterocycles. The molecule has 1 aliphatic heterocycles. The highest BCUT2D eigenvalue weighted by molar-refractivity contribution is 7.98. The maximum atomic E-state index is 12.0. The van der Waals surface area contributed by atoms with Gasteiger partial charge >= 0.3 is 0 Å². The van der Waals surface area contributed by atoms with Crippen molar-refractivity contribution < 1.29 is 9.53 Å². The molecule has 0 aliphatic carbocycles. The third-order valence-electron chi connectivity index (χ3n) is 3.69. The lowest BCUT2D eigenvalue weighted by molar-refractivity contribution is -0.115. The second kappa shape index (κ2) is 5.96. The van der Waals surface area contributed by atoms with E-state index in [4.69, 9.17) is 10.5 Å². The molecule has 1 amide bonds. The van der Waals surface area contributed by atoms with Crippen LogP contribution in [0.1, 0.15) is 18.5 Å². The van der Waals surface area contributed by atoms with E-state index >= 15 is 0 Å². The fourth-order valence-electron chi connectivity index (χ4n) is 2.66. The summed E-state index contributed by atoms with van der Waals surface area (Å²) in [7, 11) is 1.60. The molecule has 0 saturated carbocycles. The highest BCUT2D eigenvalue weighted by Crippen LogP contribution is 2.36. The molecule has 1 aromatic heterocycles. The molecule has 8 heteroatoms. The van der Waals surface area contributed by atoms with Crippen LogP contribution in [-0.4, -0.2) is 34.0 Å². The van der Waals surface area contributed by atoms with Gasteiger partial charge in [-0.25, -0.2) is 4.68 Å². The van der Waals surface area contributed by atoms with Crippen molar-refractivity contribution in [3.05, 3.63) is 41.1 Å². The van der Waals surface area contributed by atoms with Crippen LogP contribution in [0.2, 0.25) is 0 Å². The number of carbonyl (C=O) groups excluding carboxylic acids is 1. The van der Waals surface area contributed by atoms with Crippen LogP contribution >= 0.6 is 11.8 Å². The van der Waals surface area contributed by atoms with Gasteiger partial charge in [-0.1, -0.05) is 23.9 Å². The van der Waals surface area contributed by atoms with Gasteiger partial charge in [0.25, 0.3) is 0 Å². The zero-order valence-electron chi connectivity index (χ0n) is 13.0. The monoisotopic (exact) mass is 331 g/mol. The number of nitrogens with one attached hydrogen (secondary N) is 1. The first-order valence-corrected chi connectivity index (χ1v) is 8.19. The number of aromatic nitrogens is 3. The van der Waals surface area contributed by atoms with Crippen molar-refractivity contribution in [3.8, 4) is 5.75 Å². The van der Waals surface area contributed by atoms with E-state index in [-0.39, 0.29) is 0 Å². The molecule has 0 unspecified atom stereocenters. The first-order valence-electron chi connectivity index (χ1n) is 6.97. The lowest BCUT2D eigenvalue weighted by Gasteiger charge is -2.27. The van der Waals surface area contributed by atoms with Gasteiger partial charge in [0.2, 0.25) is 17.0 Å².